The SMILES string of the molecule is CN(C)C1(CNC(=O)C2CC(=O)N(c3cccc(O)c3)C2)CCOCC1. The summed E-state index contributed by atoms with van der Waals surface area (Å²) >= 11 is 0. The van der Waals surface area contributed by atoms with Gasteiger partial charge in [-0.2, -0.15) is 0 Å². The predicted molar refractivity (Wildman–Crippen MR) is 98.0 cm³/mol. The second-order valence-corrected chi connectivity index (χ2v) is 7.37. The number of ether oxygens (including phenoxy) is 1. The van der Waals surface area contributed by atoms with E-state index in [2.05, 4.69) is 10.2 Å². The molecule has 2 aliphatic rings. The highest BCUT2D eigenvalue weighted by Crippen LogP contribution is 2.28. The highest BCUT2D eigenvalue weighted by molar-refractivity contribution is 6.00. The number of aromatic hydroxyl groups is 1. The molecule has 0 bridgehead atoms. The maximum Gasteiger partial charge on any atom is 0.227 e. The summed E-state index contributed by atoms with van der Waals surface area (Å²) in [6.45, 7) is 2.29. The zero-order valence-electron chi connectivity index (χ0n) is 15.4. The molecule has 7 nitrogen and oxygen atoms in total. The monoisotopic (exact) mass is 361 g/mol. The van der Waals surface area contributed by atoms with Gasteiger partial charge in [-0.1, -0.05) is 6.07 Å². The second-order valence-electron chi connectivity index (χ2n) is 7.37. The topological polar surface area (TPSA) is 82.1 Å². The lowest BCUT2D eigenvalue weighted by atomic mass is 9.88. The predicted octanol–water partition coefficient (Wildman–Crippen LogP) is 0.972. The van der Waals surface area contributed by atoms with Crippen LogP contribution in [0.15, 0.2) is 24.3 Å². The zero-order valence-corrected chi connectivity index (χ0v) is 15.4. The first-order valence-corrected chi connectivity index (χ1v) is 9.03. The molecule has 2 fully saturated rings. The van der Waals surface area contributed by atoms with Gasteiger partial charge in [0.15, 0.2) is 0 Å². The zero-order chi connectivity index (χ0) is 18.7. The van der Waals surface area contributed by atoms with E-state index in [4.69, 9.17) is 4.74 Å². The summed E-state index contributed by atoms with van der Waals surface area (Å²) in [4.78, 5) is 28.7. The molecule has 2 amide bonds. The lowest BCUT2D eigenvalue weighted by Crippen LogP contribution is -2.56. The van der Waals surface area contributed by atoms with Gasteiger partial charge < -0.3 is 25.0 Å². The average molecular weight is 361 g/mol. The van der Waals surface area contributed by atoms with Gasteiger partial charge in [0.05, 0.1) is 5.92 Å². The molecule has 0 radical (unpaired) electrons. The number of phenols is 1. The van der Waals surface area contributed by atoms with Crippen LogP contribution in [0.25, 0.3) is 0 Å². The van der Waals surface area contributed by atoms with Crippen molar-refractivity contribution in [2.45, 2.75) is 24.8 Å². The number of benzene rings is 1. The maximum absolute atomic E-state index is 12.7. The second kappa shape index (κ2) is 7.63. The van der Waals surface area contributed by atoms with E-state index in [1.165, 1.54) is 0 Å². The summed E-state index contributed by atoms with van der Waals surface area (Å²) < 4.78 is 5.46. The Bertz CT molecular complexity index is 671. The van der Waals surface area contributed by atoms with E-state index in [1.54, 1.807) is 29.2 Å². The van der Waals surface area contributed by atoms with Gasteiger partial charge in [-0.25, -0.2) is 0 Å². The first-order valence-electron chi connectivity index (χ1n) is 9.03. The van der Waals surface area contributed by atoms with E-state index < -0.39 is 0 Å². The molecule has 2 heterocycles. The average Bonchev–Trinajstić information content (AvgIpc) is 3.02. The van der Waals surface area contributed by atoms with Crippen molar-refractivity contribution in [3.63, 3.8) is 0 Å². The van der Waals surface area contributed by atoms with E-state index in [9.17, 15) is 14.7 Å². The third kappa shape index (κ3) is 3.83. The first-order chi connectivity index (χ1) is 12.4. The van der Waals surface area contributed by atoms with Crippen LogP contribution in [-0.4, -0.2) is 67.8 Å². The summed E-state index contributed by atoms with van der Waals surface area (Å²) in [5.41, 5.74) is 0.529. The number of hydrogen-bond acceptors (Lipinski definition) is 5. The number of rotatable bonds is 5. The lowest BCUT2D eigenvalue weighted by Gasteiger charge is -2.43. The molecular weight excluding hydrogens is 334 g/mol. The van der Waals surface area contributed by atoms with Crippen molar-refractivity contribution in [2.75, 3.05) is 45.3 Å². The number of hydrogen-bond donors (Lipinski definition) is 2. The first kappa shape index (κ1) is 18.7. The van der Waals surface area contributed by atoms with Crippen molar-refractivity contribution < 1.29 is 19.4 Å². The third-order valence-electron chi connectivity index (χ3n) is 5.60. The van der Waals surface area contributed by atoms with Crippen LogP contribution in [0.2, 0.25) is 0 Å². The molecule has 2 saturated heterocycles. The van der Waals surface area contributed by atoms with Crippen molar-refractivity contribution in [3.05, 3.63) is 24.3 Å². The summed E-state index contributed by atoms with van der Waals surface area (Å²) in [5.74, 6) is -0.447. The van der Waals surface area contributed by atoms with Gasteiger partial charge in [-0.3, -0.25) is 9.59 Å². The van der Waals surface area contributed by atoms with E-state index >= 15 is 0 Å². The van der Waals surface area contributed by atoms with Crippen LogP contribution in [-0.2, 0) is 14.3 Å². The molecule has 0 aliphatic carbocycles. The fraction of sp³-hybridized carbons (Fsp3) is 0.579. The number of carbonyl (C=O) groups excluding carboxylic acids is 2. The number of amides is 2. The Hall–Kier alpha value is -2.12. The number of nitrogens with one attached hydrogen (secondary N) is 1. The molecular formula is C19H27N3O4. The van der Waals surface area contributed by atoms with Gasteiger partial charge in [0.2, 0.25) is 11.8 Å². The molecule has 0 spiro atoms. The molecule has 0 saturated carbocycles. The third-order valence-corrected chi connectivity index (χ3v) is 5.60. The van der Waals surface area contributed by atoms with Crippen molar-refractivity contribution in [3.8, 4) is 5.75 Å². The number of anilines is 1. The molecule has 2 N–H and O–H groups in total. The van der Waals surface area contributed by atoms with Crippen molar-refractivity contribution in [1.82, 2.24) is 10.2 Å². The van der Waals surface area contributed by atoms with Gasteiger partial charge in [-0.15, -0.1) is 0 Å². The van der Waals surface area contributed by atoms with Crippen LogP contribution < -0.4 is 10.2 Å². The Labute approximate surface area is 153 Å². The van der Waals surface area contributed by atoms with Crippen LogP contribution in [0, 0.1) is 5.92 Å². The van der Waals surface area contributed by atoms with Crippen molar-refractivity contribution in [1.29, 1.82) is 0 Å². The Kier molecular flexibility index (Phi) is 5.48. The van der Waals surface area contributed by atoms with Crippen LogP contribution in [0.1, 0.15) is 19.3 Å². The fourth-order valence-corrected chi connectivity index (χ4v) is 3.72. The van der Waals surface area contributed by atoms with E-state index in [0.29, 0.717) is 32.0 Å². The molecule has 142 valence electrons. The van der Waals surface area contributed by atoms with Crippen LogP contribution in [0.3, 0.4) is 0 Å². The Balaban J connectivity index is 1.61. The fourth-order valence-electron chi connectivity index (χ4n) is 3.72. The number of nitrogens with zero attached hydrogens (tertiary/aromatic N) is 2. The molecule has 1 aromatic rings. The molecule has 3 rings (SSSR count). The maximum atomic E-state index is 12.7. The highest BCUT2D eigenvalue weighted by atomic mass is 16.5. The van der Waals surface area contributed by atoms with Gasteiger partial charge in [0.1, 0.15) is 5.75 Å². The molecule has 0 aromatic heterocycles. The van der Waals surface area contributed by atoms with Crippen molar-refractivity contribution in [2.24, 2.45) is 5.92 Å². The van der Waals surface area contributed by atoms with E-state index in [-0.39, 0.29) is 35.4 Å². The summed E-state index contributed by atoms with van der Waals surface area (Å²) in [5, 5.41) is 12.7. The van der Waals surface area contributed by atoms with E-state index in [1.807, 2.05) is 14.1 Å². The van der Waals surface area contributed by atoms with Crippen LogP contribution in [0.4, 0.5) is 5.69 Å². The normalized spacial score (nSPS) is 22.7. The summed E-state index contributed by atoms with van der Waals surface area (Å²) in [6, 6.07) is 6.56. The summed E-state index contributed by atoms with van der Waals surface area (Å²) in [6.07, 6.45) is 1.94. The molecule has 26 heavy (non-hydrogen) atoms. The van der Waals surface area contributed by atoms with Gasteiger partial charge >= 0.3 is 0 Å². The molecule has 1 unspecified atom stereocenters. The Morgan fingerprint density at radius 1 is 1.38 bits per heavy atom. The van der Waals surface area contributed by atoms with Crippen LogP contribution in [0.5, 0.6) is 5.75 Å². The minimum absolute atomic E-state index is 0.0891. The molecule has 7 heteroatoms. The largest absolute Gasteiger partial charge is 0.508 e. The molecule has 2 aliphatic heterocycles. The molecule has 1 aromatic carbocycles. The van der Waals surface area contributed by atoms with Crippen molar-refractivity contribution >= 4 is 17.5 Å². The number of likely N-dealkylation sites (N-methyl/N-ethyl adjacent to an activating group) is 1. The highest BCUT2D eigenvalue weighted by Gasteiger charge is 2.38. The minimum Gasteiger partial charge on any atom is -0.508 e. The van der Waals surface area contributed by atoms with Gasteiger partial charge in [0.25, 0.3) is 0 Å². The van der Waals surface area contributed by atoms with Gasteiger partial charge in [0, 0.05) is 50.0 Å². The number of phenolic OH excluding ortho intramolecular Hbond substituents is 1. The number of carbonyl (C=O) groups is 2. The molecule has 1 atom stereocenters. The van der Waals surface area contributed by atoms with E-state index in [0.717, 1.165) is 12.8 Å². The van der Waals surface area contributed by atoms with Gasteiger partial charge in [-0.05, 0) is 39.1 Å². The smallest absolute Gasteiger partial charge is 0.227 e. The summed E-state index contributed by atoms with van der Waals surface area (Å²) in [7, 11) is 4.06. The Morgan fingerprint density at radius 2 is 2.12 bits per heavy atom. The minimum atomic E-state index is -0.371. The quantitative estimate of drug-likeness (QED) is 0.817. The standard InChI is InChI=1S/C19H27N3O4/c1-21(2)19(6-8-26-9-7-19)13-20-18(25)14-10-17(24)22(12-14)15-4-3-5-16(23)11-15/h3-5,11,14,23H,6-10,12-13H2,1-2H3,(H,20,25). The lowest BCUT2D eigenvalue weighted by molar-refractivity contribution is -0.127. The Morgan fingerprint density at radius 3 is 2.77 bits per heavy atom. The van der Waals surface area contributed by atoms with Crippen LogP contribution >= 0.6 is 0 Å².